The molecule has 2 fully saturated rings. The molecule has 4 rings (SSSR count). The van der Waals surface area contributed by atoms with Gasteiger partial charge in [0, 0.05) is 42.3 Å². The van der Waals surface area contributed by atoms with Gasteiger partial charge in [-0.3, -0.25) is 9.10 Å². The minimum Gasteiger partial charge on any atom is -0.486 e. The van der Waals surface area contributed by atoms with E-state index in [1.165, 1.54) is 16.4 Å². The third-order valence-electron chi connectivity index (χ3n) is 5.45. The highest BCUT2D eigenvalue weighted by molar-refractivity contribution is 7.97. The fraction of sp³-hybridized carbons (Fsp3) is 0.348. The Labute approximate surface area is 189 Å². The van der Waals surface area contributed by atoms with E-state index in [2.05, 4.69) is 16.8 Å². The Bertz CT molecular complexity index is 987. The van der Waals surface area contributed by atoms with Gasteiger partial charge in [-0.25, -0.2) is 0 Å². The van der Waals surface area contributed by atoms with Crippen molar-refractivity contribution >= 4 is 29.6 Å². The monoisotopic (exact) mass is 463 g/mol. The molecule has 1 amide bonds. The number of benzene rings is 2. The average molecular weight is 464 g/mol. The predicted molar refractivity (Wildman–Crippen MR) is 119 cm³/mol. The number of piperazine rings is 1. The van der Waals surface area contributed by atoms with Crippen molar-refractivity contribution in [2.24, 2.45) is 0 Å². The molecule has 32 heavy (non-hydrogen) atoms. The smallest absolute Gasteiger partial charge is 0.416 e. The summed E-state index contributed by atoms with van der Waals surface area (Å²) in [6.45, 7) is 4.42. The van der Waals surface area contributed by atoms with Crippen LogP contribution in [0.3, 0.4) is 0 Å². The molecule has 2 aromatic rings. The Balaban J connectivity index is 1.50. The van der Waals surface area contributed by atoms with E-state index < -0.39 is 11.7 Å². The van der Waals surface area contributed by atoms with Gasteiger partial charge in [-0.15, -0.1) is 0 Å². The van der Waals surface area contributed by atoms with E-state index in [1.807, 2.05) is 24.3 Å². The number of hydrogen-bond donors (Lipinski definition) is 0. The highest BCUT2D eigenvalue weighted by Gasteiger charge is 2.31. The number of amides is 1. The quantitative estimate of drug-likeness (QED) is 0.497. The number of morpholine rings is 1. The molecule has 2 heterocycles. The van der Waals surface area contributed by atoms with Gasteiger partial charge in [0.25, 0.3) is 5.91 Å². The van der Waals surface area contributed by atoms with Crippen molar-refractivity contribution in [2.45, 2.75) is 11.1 Å². The van der Waals surface area contributed by atoms with Gasteiger partial charge in [-0.2, -0.15) is 13.2 Å². The zero-order valence-electron chi connectivity index (χ0n) is 17.6. The maximum atomic E-state index is 13.0. The van der Waals surface area contributed by atoms with Crippen LogP contribution in [-0.2, 0) is 15.7 Å². The Morgan fingerprint density at radius 3 is 2.34 bits per heavy atom. The molecular weight excluding hydrogens is 439 g/mol. The van der Waals surface area contributed by atoms with Gasteiger partial charge in [-0.1, -0.05) is 18.2 Å². The molecule has 0 aliphatic carbocycles. The SMILES string of the molecule is CN1CCN(c2ccccc2C=C2OCCN(Sc3ccc(C(F)(F)F)cc3)C2=O)CC1. The third-order valence-corrected chi connectivity index (χ3v) is 6.51. The van der Waals surface area contributed by atoms with Gasteiger partial charge in [0.15, 0.2) is 5.76 Å². The van der Waals surface area contributed by atoms with E-state index in [4.69, 9.17) is 4.74 Å². The predicted octanol–water partition coefficient (Wildman–Crippen LogP) is 4.36. The number of para-hydroxylation sites is 1. The zero-order chi connectivity index (χ0) is 22.7. The Morgan fingerprint density at radius 1 is 0.969 bits per heavy atom. The summed E-state index contributed by atoms with van der Waals surface area (Å²) in [6.07, 6.45) is -2.62. The van der Waals surface area contributed by atoms with Crippen LogP contribution in [0.4, 0.5) is 18.9 Å². The summed E-state index contributed by atoms with van der Waals surface area (Å²) < 4.78 is 45.5. The number of anilines is 1. The highest BCUT2D eigenvalue weighted by Crippen LogP contribution is 2.33. The molecule has 0 aromatic heterocycles. The number of rotatable bonds is 4. The number of halogens is 3. The van der Waals surface area contributed by atoms with Crippen LogP contribution in [0.1, 0.15) is 11.1 Å². The molecule has 0 unspecified atom stereocenters. The molecule has 9 heteroatoms. The van der Waals surface area contributed by atoms with Gasteiger partial charge in [-0.05, 0) is 55.4 Å². The first-order valence-corrected chi connectivity index (χ1v) is 11.1. The number of likely N-dealkylation sites (N-methyl/N-ethyl adjacent to an activating group) is 1. The third kappa shape index (κ3) is 5.21. The van der Waals surface area contributed by atoms with Crippen LogP contribution in [0.25, 0.3) is 6.08 Å². The number of nitrogens with zero attached hydrogens (tertiary/aromatic N) is 3. The lowest BCUT2D eigenvalue weighted by atomic mass is 10.1. The van der Waals surface area contributed by atoms with Crippen molar-refractivity contribution in [1.82, 2.24) is 9.21 Å². The van der Waals surface area contributed by atoms with Crippen molar-refractivity contribution in [3.05, 3.63) is 65.4 Å². The molecule has 2 aromatic carbocycles. The number of carbonyl (C=O) groups excluding carboxylic acids is 1. The van der Waals surface area contributed by atoms with Gasteiger partial charge in [0.05, 0.1) is 12.1 Å². The van der Waals surface area contributed by atoms with E-state index in [-0.39, 0.29) is 11.7 Å². The van der Waals surface area contributed by atoms with Crippen LogP contribution < -0.4 is 4.90 Å². The Hall–Kier alpha value is -2.65. The molecule has 2 aliphatic heterocycles. The van der Waals surface area contributed by atoms with Crippen LogP contribution in [0.5, 0.6) is 0 Å². The van der Waals surface area contributed by atoms with Gasteiger partial charge < -0.3 is 14.5 Å². The van der Waals surface area contributed by atoms with E-state index in [0.717, 1.165) is 61.5 Å². The summed E-state index contributed by atoms with van der Waals surface area (Å²) in [5, 5.41) is 0. The van der Waals surface area contributed by atoms with E-state index in [0.29, 0.717) is 18.0 Å². The largest absolute Gasteiger partial charge is 0.486 e. The van der Waals surface area contributed by atoms with Crippen LogP contribution in [0.2, 0.25) is 0 Å². The molecule has 0 bridgehead atoms. The lowest BCUT2D eigenvalue weighted by Crippen LogP contribution is -2.44. The number of carbonyl (C=O) groups is 1. The van der Waals surface area contributed by atoms with Crippen molar-refractivity contribution in [3.8, 4) is 0 Å². The lowest BCUT2D eigenvalue weighted by Gasteiger charge is -2.35. The number of ether oxygens (including phenoxy) is 1. The molecule has 0 spiro atoms. The van der Waals surface area contributed by atoms with Crippen LogP contribution in [-0.4, -0.2) is 61.5 Å². The molecule has 2 aliphatic rings. The molecule has 5 nitrogen and oxygen atoms in total. The fourth-order valence-corrected chi connectivity index (χ4v) is 4.48. The summed E-state index contributed by atoms with van der Waals surface area (Å²) in [5.41, 5.74) is 1.25. The first-order valence-electron chi connectivity index (χ1n) is 10.4. The summed E-state index contributed by atoms with van der Waals surface area (Å²) >= 11 is 1.12. The van der Waals surface area contributed by atoms with E-state index in [1.54, 1.807) is 6.08 Å². The maximum absolute atomic E-state index is 13.0. The highest BCUT2D eigenvalue weighted by atomic mass is 32.2. The summed E-state index contributed by atoms with van der Waals surface area (Å²) in [5.74, 6) is -0.0634. The Morgan fingerprint density at radius 2 is 1.66 bits per heavy atom. The molecule has 170 valence electrons. The van der Waals surface area contributed by atoms with Gasteiger partial charge >= 0.3 is 6.18 Å². The summed E-state index contributed by atoms with van der Waals surface area (Å²) in [4.78, 5) is 18.1. The summed E-state index contributed by atoms with van der Waals surface area (Å²) in [7, 11) is 2.10. The van der Waals surface area contributed by atoms with Crippen molar-refractivity contribution in [3.63, 3.8) is 0 Å². The van der Waals surface area contributed by atoms with Crippen molar-refractivity contribution < 1.29 is 22.7 Å². The van der Waals surface area contributed by atoms with Crippen molar-refractivity contribution in [1.29, 1.82) is 0 Å². The van der Waals surface area contributed by atoms with Gasteiger partial charge in [0.1, 0.15) is 6.61 Å². The number of hydrogen-bond acceptors (Lipinski definition) is 5. The lowest BCUT2D eigenvalue weighted by molar-refractivity contribution is -0.137. The molecular formula is C23H24F3N3O2S. The first-order chi connectivity index (χ1) is 15.3. The van der Waals surface area contributed by atoms with Crippen LogP contribution >= 0.6 is 11.9 Å². The molecule has 2 saturated heterocycles. The number of alkyl halides is 3. The van der Waals surface area contributed by atoms with E-state index >= 15 is 0 Å². The second-order valence-electron chi connectivity index (χ2n) is 7.73. The average Bonchev–Trinajstić information content (AvgIpc) is 2.77. The minimum atomic E-state index is -4.38. The van der Waals surface area contributed by atoms with Gasteiger partial charge in [0.2, 0.25) is 0 Å². The fourth-order valence-electron chi connectivity index (χ4n) is 3.63. The molecule has 0 N–H and O–H groups in total. The molecule has 0 saturated carbocycles. The van der Waals surface area contributed by atoms with Crippen molar-refractivity contribution in [2.75, 3.05) is 51.3 Å². The van der Waals surface area contributed by atoms with E-state index in [9.17, 15) is 18.0 Å². The topological polar surface area (TPSA) is 36.0 Å². The van der Waals surface area contributed by atoms with Crippen LogP contribution in [0.15, 0.2) is 59.2 Å². The second-order valence-corrected chi connectivity index (χ2v) is 8.82. The summed E-state index contributed by atoms with van der Waals surface area (Å²) in [6, 6.07) is 12.7. The molecule has 0 atom stereocenters. The maximum Gasteiger partial charge on any atom is 0.416 e. The van der Waals surface area contributed by atoms with Crippen LogP contribution in [0, 0.1) is 0 Å². The Kier molecular flexibility index (Phi) is 6.66. The minimum absolute atomic E-state index is 0.234. The second kappa shape index (κ2) is 9.46. The standard InChI is InChI=1S/C23H24F3N3O2S/c1-27-10-12-28(13-11-27)20-5-3-2-4-17(20)16-21-22(30)29(14-15-31-21)32-19-8-6-18(7-9-19)23(24,25)26/h2-9,16H,10-15H2,1H3. The first kappa shape index (κ1) is 22.5. The zero-order valence-corrected chi connectivity index (χ0v) is 18.5. The molecule has 0 radical (unpaired) electrons. The normalized spacial score (nSPS) is 19.4.